The van der Waals surface area contributed by atoms with E-state index in [1.807, 2.05) is 6.21 Å². The molecule has 1 saturated carbocycles. The molecule has 146 valence electrons. The van der Waals surface area contributed by atoms with E-state index in [0.29, 0.717) is 22.1 Å². The van der Waals surface area contributed by atoms with E-state index in [0.717, 1.165) is 12.3 Å². The van der Waals surface area contributed by atoms with Crippen LogP contribution in [0.4, 0.5) is 5.69 Å². The minimum absolute atomic E-state index is 0.206. The number of hydrogen-bond acceptors (Lipinski definition) is 4. The van der Waals surface area contributed by atoms with Crippen molar-refractivity contribution in [1.29, 1.82) is 0 Å². The number of sulfonamides is 1. The maximum Gasteiger partial charge on any atom is 0.242 e. The number of hydrogen-bond donors (Lipinski definition) is 2. The summed E-state index contributed by atoms with van der Waals surface area (Å²) in [7, 11) is -0.483. The molecule has 1 aromatic carbocycles. The first-order chi connectivity index (χ1) is 12.6. The maximum atomic E-state index is 12.2. The van der Waals surface area contributed by atoms with Crippen LogP contribution in [0.3, 0.4) is 0 Å². The van der Waals surface area contributed by atoms with Crippen LogP contribution in [0.1, 0.15) is 26.7 Å². The zero-order chi connectivity index (χ0) is 19.8. The quantitative estimate of drug-likeness (QED) is 0.446. The number of anilines is 1. The molecule has 0 heterocycles. The zero-order valence-corrected chi connectivity index (χ0v) is 17.7. The van der Waals surface area contributed by atoms with Crippen LogP contribution in [0, 0.1) is 17.3 Å². The summed E-state index contributed by atoms with van der Waals surface area (Å²) in [6.07, 6.45) is 6.46. The summed E-state index contributed by atoms with van der Waals surface area (Å²) in [5, 5.41) is 7.54. The van der Waals surface area contributed by atoms with Gasteiger partial charge >= 0.3 is 0 Å². The molecule has 2 unspecified atom stereocenters. The summed E-state index contributed by atoms with van der Waals surface area (Å²) in [6, 6.07) is 6.53. The summed E-state index contributed by atoms with van der Waals surface area (Å²) < 4.78 is 25.6. The number of nitrogens with zero attached hydrogens (tertiary/aromatic N) is 2. The van der Waals surface area contributed by atoms with E-state index in [4.69, 9.17) is 12.2 Å². The Morgan fingerprint density at radius 2 is 2.11 bits per heavy atom. The Balaban J connectivity index is 1.60. The predicted octanol–water partition coefficient (Wildman–Crippen LogP) is 3.20. The monoisotopic (exact) mass is 406 g/mol. The lowest BCUT2D eigenvalue weighted by Gasteiger charge is -2.55. The molecule has 0 radical (unpaired) electrons. The molecular weight excluding hydrogens is 380 g/mol. The summed E-state index contributed by atoms with van der Waals surface area (Å²) in [4.78, 5) is 0.206. The third-order valence-electron chi connectivity index (χ3n) is 5.76. The highest BCUT2D eigenvalue weighted by atomic mass is 32.2. The van der Waals surface area contributed by atoms with Gasteiger partial charge < -0.3 is 5.32 Å². The van der Waals surface area contributed by atoms with Crippen molar-refractivity contribution in [2.24, 2.45) is 22.4 Å². The van der Waals surface area contributed by atoms with Gasteiger partial charge in [-0.2, -0.15) is 5.10 Å². The molecule has 1 aromatic rings. The number of nitrogens with one attached hydrogen (secondary N) is 2. The molecule has 2 atom stereocenters. The van der Waals surface area contributed by atoms with Crippen LogP contribution >= 0.6 is 12.2 Å². The van der Waals surface area contributed by atoms with Gasteiger partial charge in [-0.1, -0.05) is 26.0 Å². The Labute approximate surface area is 166 Å². The Hall–Kier alpha value is -1.77. The van der Waals surface area contributed by atoms with Gasteiger partial charge in [0.1, 0.15) is 0 Å². The number of fused-ring (bicyclic) bond motifs is 1. The van der Waals surface area contributed by atoms with Crippen LogP contribution in [0.5, 0.6) is 0 Å². The fraction of sp³-hybridized carbons (Fsp3) is 0.474. The van der Waals surface area contributed by atoms with Gasteiger partial charge in [0, 0.05) is 19.8 Å². The van der Waals surface area contributed by atoms with Crippen molar-refractivity contribution in [3.05, 3.63) is 35.9 Å². The van der Waals surface area contributed by atoms with Gasteiger partial charge in [-0.25, -0.2) is 12.7 Å². The number of rotatable bonds is 5. The van der Waals surface area contributed by atoms with E-state index in [1.165, 1.54) is 30.4 Å². The van der Waals surface area contributed by atoms with E-state index in [1.54, 1.807) is 24.3 Å². The van der Waals surface area contributed by atoms with Crippen LogP contribution in [0.15, 0.2) is 45.9 Å². The van der Waals surface area contributed by atoms with Crippen LogP contribution < -0.4 is 10.7 Å². The molecule has 0 aromatic heterocycles. The topological polar surface area (TPSA) is 73.8 Å². The van der Waals surface area contributed by atoms with Crippen molar-refractivity contribution in [3.8, 4) is 0 Å². The second-order valence-corrected chi connectivity index (χ2v) is 10.4. The number of benzene rings is 1. The third-order valence-corrected chi connectivity index (χ3v) is 7.77. The standard InChI is InChI=1S/C19H26N4O2S2/c1-19(2)14-9-8-13(17(19)10-14)12-20-22-18(26)21-15-6-5-7-16(11-15)27(24,25)23(3)4/h5-8,11-12,14,17H,9-10H2,1-4H3,(H2,21,22,26)/b20-12+. The zero-order valence-electron chi connectivity index (χ0n) is 16.1. The molecule has 0 saturated heterocycles. The Morgan fingerprint density at radius 3 is 2.74 bits per heavy atom. The van der Waals surface area contributed by atoms with E-state index in [2.05, 4.69) is 35.8 Å². The summed E-state index contributed by atoms with van der Waals surface area (Å²) in [5.74, 6) is 1.36. The van der Waals surface area contributed by atoms with Crippen molar-refractivity contribution in [2.45, 2.75) is 31.6 Å². The average Bonchev–Trinajstić information content (AvgIpc) is 2.61. The lowest BCUT2D eigenvalue weighted by Crippen LogP contribution is -2.48. The fourth-order valence-electron chi connectivity index (χ4n) is 3.81. The highest BCUT2D eigenvalue weighted by Gasteiger charge is 2.50. The first kappa shape index (κ1) is 20.0. The molecule has 8 heteroatoms. The molecule has 2 N–H and O–H groups in total. The largest absolute Gasteiger partial charge is 0.331 e. The van der Waals surface area contributed by atoms with Gasteiger partial charge in [-0.05, 0) is 66.1 Å². The predicted molar refractivity (Wildman–Crippen MR) is 113 cm³/mol. The van der Waals surface area contributed by atoms with Crippen LogP contribution in [-0.4, -0.2) is 38.1 Å². The van der Waals surface area contributed by atoms with Gasteiger partial charge in [0.25, 0.3) is 0 Å². The van der Waals surface area contributed by atoms with E-state index < -0.39 is 10.0 Å². The van der Waals surface area contributed by atoms with Crippen molar-refractivity contribution >= 4 is 39.3 Å². The minimum atomic E-state index is -3.49. The maximum absolute atomic E-state index is 12.2. The molecular formula is C19H26N4O2S2. The lowest BCUT2D eigenvalue weighted by molar-refractivity contribution is -0.00126. The first-order valence-corrected chi connectivity index (χ1v) is 10.8. The molecule has 3 aliphatic carbocycles. The van der Waals surface area contributed by atoms with Crippen LogP contribution in [0.25, 0.3) is 0 Å². The first-order valence-electron chi connectivity index (χ1n) is 8.95. The highest BCUT2D eigenvalue weighted by Crippen LogP contribution is 2.58. The Morgan fingerprint density at radius 1 is 1.37 bits per heavy atom. The number of hydrazone groups is 1. The second-order valence-electron chi connectivity index (χ2n) is 7.89. The average molecular weight is 407 g/mol. The smallest absolute Gasteiger partial charge is 0.242 e. The molecule has 27 heavy (non-hydrogen) atoms. The molecule has 1 fully saturated rings. The van der Waals surface area contributed by atoms with Gasteiger partial charge in [0.15, 0.2) is 5.11 Å². The third kappa shape index (κ3) is 3.93. The normalized spacial score (nSPS) is 23.7. The molecule has 4 rings (SSSR count). The molecule has 0 aliphatic heterocycles. The summed E-state index contributed by atoms with van der Waals surface area (Å²) >= 11 is 5.26. The Bertz CT molecular complexity index is 904. The van der Waals surface area contributed by atoms with Gasteiger partial charge in [-0.3, -0.25) is 5.43 Å². The number of thiocarbonyl (C=S) groups is 1. The highest BCUT2D eigenvalue weighted by molar-refractivity contribution is 7.89. The second kappa shape index (κ2) is 7.33. The van der Waals surface area contributed by atoms with E-state index >= 15 is 0 Å². The van der Waals surface area contributed by atoms with E-state index in [-0.39, 0.29) is 4.90 Å². The summed E-state index contributed by atoms with van der Waals surface area (Å²) in [5.41, 5.74) is 5.02. The Kier molecular flexibility index (Phi) is 5.42. The number of allylic oxidation sites excluding steroid dienone is 2. The molecule has 3 aliphatic rings. The fourth-order valence-corrected chi connectivity index (χ4v) is 4.93. The lowest BCUT2D eigenvalue weighted by atomic mass is 9.49. The SMILES string of the molecule is CN(C)S(=O)(=O)c1cccc(NC(=S)N/N=C/C2=CCC3CC2C3(C)C)c1. The van der Waals surface area contributed by atoms with Crippen LogP contribution in [0.2, 0.25) is 0 Å². The van der Waals surface area contributed by atoms with Gasteiger partial charge in [0.05, 0.1) is 11.1 Å². The van der Waals surface area contributed by atoms with Crippen LogP contribution in [-0.2, 0) is 10.0 Å². The van der Waals surface area contributed by atoms with E-state index in [9.17, 15) is 8.42 Å². The molecule has 2 bridgehead atoms. The molecule has 6 nitrogen and oxygen atoms in total. The minimum Gasteiger partial charge on any atom is -0.331 e. The molecule has 0 spiro atoms. The molecule has 0 amide bonds. The van der Waals surface area contributed by atoms with Crippen molar-refractivity contribution in [1.82, 2.24) is 9.73 Å². The van der Waals surface area contributed by atoms with Crippen molar-refractivity contribution in [2.75, 3.05) is 19.4 Å². The van der Waals surface area contributed by atoms with Crippen molar-refractivity contribution < 1.29 is 8.42 Å². The summed E-state index contributed by atoms with van der Waals surface area (Å²) in [6.45, 7) is 4.64. The van der Waals surface area contributed by atoms with Gasteiger partial charge in [0.2, 0.25) is 10.0 Å². The van der Waals surface area contributed by atoms with Gasteiger partial charge in [-0.15, -0.1) is 0 Å². The van der Waals surface area contributed by atoms with Crippen molar-refractivity contribution in [3.63, 3.8) is 0 Å².